The molecule has 2 aromatic heterocycles. The highest BCUT2D eigenvalue weighted by molar-refractivity contribution is 14.1. The molecule has 3 nitrogen and oxygen atoms in total. The molecule has 0 aliphatic carbocycles. The van der Waals surface area contributed by atoms with E-state index in [0.29, 0.717) is 0 Å². The van der Waals surface area contributed by atoms with Crippen LogP contribution in [-0.2, 0) is 6.54 Å². The zero-order chi connectivity index (χ0) is 13.6. The maximum atomic E-state index is 6.16. The zero-order valence-corrected chi connectivity index (χ0v) is 15.0. The quantitative estimate of drug-likeness (QED) is 0.256. The van der Waals surface area contributed by atoms with E-state index in [0.717, 1.165) is 32.6 Å². The lowest BCUT2D eigenvalue weighted by Crippen LogP contribution is -2.36. The summed E-state index contributed by atoms with van der Waals surface area (Å²) in [4.78, 5) is 7.30. The first-order valence-corrected chi connectivity index (χ1v) is 9.67. The minimum absolute atomic E-state index is 0.281. The molecule has 0 radical (unpaired) electrons. The molecular formula is C13H16IN2OS2+. The van der Waals surface area contributed by atoms with E-state index in [1.54, 1.807) is 23.1 Å². The van der Waals surface area contributed by atoms with Crippen molar-refractivity contribution in [2.75, 3.05) is 10.2 Å². The van der Waals surface area contributed by atoms with Gasteiger partial charge in [-0.1, -0.05) is 40.9 Å². The Morgan fingerprint density at radius 1 is 1.53 bits per heavy atom. The summed E-state index contributed by atoms with van der Waals surface area (Å²) in [6, 6.07) is 0. The summed E-state index contributed by atoms with van der Waals surface area (Å²) in [7, 11) is 0. The van der Waals surface area contributed by atoms with Crippen LogP contribution in [0.15, 0.2) is 5.16 Å². The fourth-order valence-corrected chi connectivity index (χ4v) is 4.57. The van der Waals surface area contributed by atoms with Crippen LogP contribution in [0.4, 0.5) is 0 Å². The number of aromatic nitrogens is 2. The maximum absolute atomic E-state index is 6.16. The largest absolute Gasteiger partial charge is 0.453 e. The molecule has 0 fully saturated rings. The topological polar surface area (TPSA) is 26.0 Å². The molecule has 0 unspecified atom stereocenters. The van der Waals surface area contributed by atoms with E-state index >= 15 is 0 Å². The molecule has 19 heavy (non-hydrogen) atoms. The van der Waals surface area contributed by atoms with Crippen LogP contribution in [-0.4, -0.2) is 21.3 Å². The van der Waals surface area contributed by atoms with Gasteiger partial charge in [0.25, 0.3) is 5.88 Å². The van der Waals surface area contributed by atoms with Crippen molar-refractivity contribution < 1.29 is 9.30 Å². The minimum atomic E-state index is 0.281. The SMILES string of the molecule is CCSc1nc2sc(C)c(C)c2c2[n+]1C[C@H](CI)O2. The van der Waals surface area contributed by atoms with Gasteiger partial charge in [-0.3, -0.25) is 0 Å². The fraction of sp³-hybridized carbons (Fsp3) is 0.538. The number of hydrogen-bond donors (Lipinski definition) is 0. The highest BCUT2D eigenvalue weighted by Gasteiger charge is 2.35. The molecule has 1 aliphatic rings. The molecule has 3 heterocycles. The molecular weight excluding hydrogens is 391 g/mol. The average molecular weight is 407 g/mol. The number of rotatable bonds is 3. The van der Waals surface area contributed by atoms with Gasteiger partial charge in [-0.25, -0.2) is 0 Å². The second kappa shape index (κ2) is 5.37. The Kier molecular flexibility index (Phi) is 3.92. The third-order valence-corrected chi connectivity index (χ3v) is 6.31. The smallest absolute Gasteiger partial charge is 0.363 e. The van der Waals surface area contributed by atoms with Crippen molar-refractivity contribution in [1.29, 1.82) is 0 Å². The van der Waals surface area contributed by atoms with Crippen LogP contribution in [0.25, 0.3) is 10.2 Å². The molecule has 0 spiro atoms. The number of aryl methyl sites for hydroxylation is 2. The standard InChI is InChI=1S/C13H16IN2OS2/c1-4-18-13-15-11-10(7(2)8(3)19-11)12-16(13)6-9(5-14)17-12/h9H,4-6H2,1-3H3/q+1/t9-/m0/s1. The van der Waals surface area contributed by atoms with E-state index < -0.39 is 0 Å². The van der Waals surface area contributed by atoms with E-state index in [1.807, 2.05) is 0 Å². The minimum Gasteiger partial charge on any atom is -0.453 e. The van der Waals surface area contributed by atoms with Gasteiger partial charge in [0, 0.05) is 15.1 Å². The Morgan fingerprint density at radius 2 is 2.32 bits per heavy atom. The summed E-state index contributed by atoms with van der Waals surface area (Å²) in [5, 5.41) is 2.31. The highest BCUT2D eigenvalue weighted by atomic mass is 127. The normalized spacial score (nSPS) is 17.8. The number of thiophene rings is 1. The Morgan fingerprint density at radius 3 is 3.00 bits per heavy atom. The van der Waals surface area contributed by atoms with E-state index in [2.05, 4.69) is 47.9 Å². The van der Waals surface area contributed by atoms with Crippen LogP contribution in [0, 0.1) is 13.8 Å². The molecule has 0 saturated carbocycles. The lowest BCUT2D eigenvalue weighted by Gasteiger charge is -2.01. The van der Waals surface area contributed by atoms with Crippen LogP contribution < -0.4 is 9.30 Å². The first-order valence-electron chi connectivity index (χ1n) is 6.34. The monoisotopic (exact) mass is 407 g/mol. The van der Waals surface area contributed by atoms with Gasteiger partial charge in [0.2, 0.25) is 4.83 Å². The van der Waals surface area contributed by atoms with Crippen molar-refractivity contribution >= 4 is 55.9 Å². The van der Waals surface area contributed by atoms with Gasteiger partial charge in [-0.05, 0) is 36.2 Å². The van der Waals surface area contributed by atoms with Crippen molar-refractivity contribution in [1.82, 2.24) is 4.98 Å². The van der Waals surface area contributed by atoms with Gasteiger partial charge in [0.1, 0.15) is 18.0 Å². The number of ether oxygens (including phenoxy) is 1. The van der Waals surface area contributed by atoms with E-state index in [9.17, 15) is 0 Å². The van der Waals surface area contributed by atoms with Crippen molar-refractivity contribution in [3.05, 3.63) is 10.4 Å². The molecule has 0 bridgehead atoms. The first kappa shape index (κ1) is 13.9. The summed E-state index contributed by atoms with van der Waals surface area (Å²) in [5.74, 6) is 2.07. The summed E-state index contributed by atoms with van der Waals surface area (Å²) in [6.07, 6.45) is 0.281. The van der Waals surface area contributed by atoms with Gasteiger partial charge in [-0.15, -0.1) is 0 Å². The van der Waals surface area contributed by atoms with Crippen LogP contribution in [0.2, 0.25) is 0 Å². The number of nitrogens with zero attached hydrogens (tertiary/aromatic N) is 2. The maximum Gasteiger partial charge on any atom is 0.363 e. The molecule has 2 aromatic rings. The summed E-state index contributed by atoms with van der Waals surface area (Å²) in [5.41, 5.74) is 1.32. The van der Waals surface area contributed by atoms with E-state index in [-0.39, 0.29) is 6.10 Å². The van der Waals surface area contributed by atoms with E-state index in [4.69, 9.17) is 9.72 Å². The molecule has 1 aliphatic heterocycles. The van der Waals surface area contributed by atoms with Crippen molar-refractivity contribution in [2.45, 2.75) is 38.6 Å². The summed E-state index contributed by atoms with van der Waals surface area (Å²) < 4.78 is 9.44. The molecule has 102 valence electrons. The third kappa shape index (κ3) is 2.25. The Bertz CT molecular complexity index is 641. The van der Waals surface area contributed by atoms with Gasteiger partial charge in [0.15, 0.2) is 0 Å². The molecule has 0 aromatic carbocycles. The van der Waals surface area contributed by atoms with Gasteiger partial charge >= 0.3 is 5.16 Å². The van der Waals surface area contributed by atoms with Crippen LogP contribution in [0.3, 0.4) is 0 Å². The Hall–Kier alpha value is -0.0800. The van der Waals surface area contributed by atoms with Gasteiger partial charge in [0.05, 0.1) is 0 Å². The third-order valence-electron chi connectivity index (χ3n) is 3.36. The number of halogens is 1. The van der Waals surface area contributed by atoms with Crippen LogP contribution >= 0.6 is 45.7 Å². The Labute approximate surface area is 134 Å². The number of alkyl halides is 1. The van der Waals surface area contributed by atoms with E-state index in [1.165, 1.54) is 15.8 Å². The van der Waals surface area contributed by atoms with Gasteiger partial charge in [-0.2, -0.15) is 4.57 Å². The second-order valence-corrected chi connectivity index (χ2v) is 7.92. The average Bonchev–Trinajstić information content (AvgIpc) is 2.92. The lowest BCUT2D eigenvalue weighted by molar-refractivity contribution is -0.720. The molecule has 0 amide bonds. The lowest BCUT2D eigenvalue weighted by atomic mass is 10.2. The first-order chi connectivity index (χ1) is 9.15. The predicted octanol–water partition coefficient (Wildman–Crippen LogP) is 3.51. The van der Waals surface area contributed by atoms with Crippen LogP contribution in [0.5, 0.6) is 5.88 Å². The van der Waals surface area contributed by atoms with Crippen LogP contribution in [0.1, 0.15) is 17.4 Å². The number of thioether (sulfide) groups is 1. The highest BCUT2D eigenvalue weighted by Crippen LogP contribution is 2.37. The second-order valence-electron chi connectivity index (χ2n) is 4.60. The Balaban J connectivity index is 2.25. The zero-order valence-electron chi connectivity index (χ0n) is 11.2. The van der Waals surface area contributed by atoms with Crippen molar-refractivity contribution in [3.8, 4) is 5.88 Å². The molecule has 3 rings (SSSR count). The van der Waals surface area contributed by atoms with Gasteiger partial charge < -0.3 is 4.74 Å². The van der Waals surface area contributed by atoms with Crippen molar-refractivity contribution in [2.24, 2.45) is 0 Å². The number of hydrogen-bond acceptors (Lipinski definition) is 4. The molecule has 1 atom stereocenters. The predicted molar refractivity (Wildman–Crippen MR) is 89.0 cm³/mol. The summed E-state index contributed by atoms with van der Waals surface area (Å²) >= 11 is 5.97. The fourth-order valence-electron chi connectivity index (χ4n) is 2.31. The number of fused-ring (bicyclic) bond motifs is 3. The molecule has 0 N–H and O–H groups in total. The molecule has 6 heteroatoms. The van der Waals surface area contributed by atoms with Crippen molar-refractivity contribution in [3.63, 3.8) is 0 Å². The summed E-state index contributed by atoms with van der Waals surface area (Å²) in [6.45, 7) is 7.43. The molecule has 0 saturated heterocycles.